The number of likely N-dealkylation sites (N-methyl/N-ethyl adjacent to an activating group) is 1. The lowest BCUT2D eigenvalue weighted by molar-refractivity contribution is -0.152. The zero-order valence-electron chi connectivity index (χ0n) is 14.5. The molecule has 132 valence electrons. The van der Waals surface area contributed by atoms with Crippen LogP contribution in [0.4, 0.5) is 0 Å². The molecule has 0 aromatic rings. The minimum atomic E-state index is -0.328. The van der Waals surface area contributed by atoms with E-state index in [1.807, 2.05) is 6.92 Å². The number of ether oxygens (including phenoxy) is 1. The maximum Gasteiger partial charge on any atom is 0.306 e. The largest absolute Gasteiger partial charge is 0.456 e. The summed E-state index contributed by atoms with van der Waals surface area (Å²) >= 11 is 0. The van der Waals surface area contributed by atoms with E-state index in [4.69, 9.17) is 10.5 Å². The number of nitrogens with zero attached hydrogens (tertiary/aromatic N) is 1. The molecule has 2 N–H and O–H groups in total. The Kier molecular flexibility index (Phi) is 14.7. The number of unbranched alkanes of at least 4 members (excludes halogenated alkanes) is 1. The third kappa shape index (κ3) is 10.9. The van der Waals surface area contributed by atoms with Crippen LogP contribution in [0.2, 0.25) is 0 Å². The summed E-state index contributed by atoms with van der Waals surface area (Å²) in [7, 11) is 0. The van der Waals surface area contributed by atoms with Crippen LogP contribution in [0.25, 0.3) is 0 Å². The number of rotatable bonds is 11. The molecule has 0 aromatic heterocycles. The molecule has 0 aliphatic carbocycles. The third-order valence-electron chi connectivity index (χ3n) is 3.47. The van der Waals surface area contributed by atoms with Crippen LogP contribution in [0.5, 0.6) is 0 Å². The molecule has 1 atom stereocenters. The minimum absolute atomic E-state index is 0. The molecule has 0 aliphatic rings. The number of nitrogens with two attached hydrogens (primary N) is 1. The molecule has 5 nitrogen and oxygen atoms in total. The molecule has 6 heteroatoms. The molecule has 0 heterocycles. The highest BCUT2D eigenvalue weighted by molar-refractivity contribution is 5.85. The van der Waals surface area contributed by atoms with Crippen LogP contribution >= 0.6 is 12.4 Å². The quantitative estimate of drug-likeness (QED) is 0.589. The molecular weight excluding hydrogens is 304 g/mol. The molecule has 0 saturated carbocycles. The van der Waals surface area contributed by atoms with Crippen LogP contribution in [0.1, 0.15) is 53.4 Å². The van der Waals surface area contributed by atoms with Gasteiger partial charge in [0.25, 0.3) is 5.91 Å². The number of halogens is 1. The number of hydrogen-bond acceptors (Lipinski definition) is 4. The van der Waals surface area contributed by atoms with Crippen LogP contribution in [0.15, 0.2) is 0 Å². The Bertz CT molecular complexity index is 312. The predicted octanol–water partition coefficient (Wildman–Crippen LogP) is 2.61. The Morgan fingerprint density at radius 3 is 2.32 bits per heavy atom. The fraction of sp³-hybridized carbons (Fsp3) is 0.875. The second-order valence-electron chi connectivity index (χ2n) is 5.92. The van der Waals surface area contributed by atoms with Gasteiger partial charge in [-0.05, 0) is 38.1 Å². The number of amides is 1. The normalized spacial score (nSPS) is 11.7. The summed E-state index contributed by atoms with van der Waals surface area (Å²) in [6, 6.07) is 0. The van der Waals surface area contributed by atoms with Gasteiger partial charge in [0.2, 0.25) is 0 Å². The van der Waals surface area contributed by atoms with Crippen LogP contribution in [0.3, 0.4) is 0 Å². The maximum atomic E-state index is 11.9. The highest BCUT2D eigenvalue weighted by atomic mass is 35.5. The van der Waals surface area contributed by atoms with E-state index in [-0.39, 0.29) is 36.8 Å². The van der Waals surface area contributed by atoms with E-state index in [0.717, 1.165) is 25.8 Å². The fourth-order valence-corrected chi connectivity index (χ4v) is 2.27. The zero-order valence-corrected chi connectivity index (χ0v) is 15.3. The molecule has 0 fully saturated rings. The van der Waals surface area contributed by atoms with Gasteiger partial charge in [-0.3, -0.25) is 9.59 Å². The van der Waals surface area contributed by atoms with Gasteiger partial charge in [-0.15, -0.1) is 12.4 Å². The van der Waals surface area contributed by atoms with Crippen molar-refractivity contribution in [2.24, 2.45) is 17.6 Å². The van der Waals surface area contributed by atoms with E-state index in [9.17, 15) is 9.59 Å². The second kappa shape index (κ2) is 13.8. The van der Waals surface area contributed by atoms with Crippen molar-refractivity contribution < 1.29 is 14.3 Å². The smallest absolute Gasteiger partial charge is 0.306 e. The van der Waals surface area contributed by atoms with Crippen molar-refractivity contribution >= 4 is 24.3 Å². The predicted molar refractivity (Wildman–Crippen MR) is 92.0 cm³/mol. The van der Waals surface area contributed by atoms with Gasteiger partial charge in [0, 0.05) is 19.5 Å². The SMILES string of the molecule is CCCCN(CC)C(=O)COC(=O)C[C@@H](CN)CC(C)C.Cl. The van der Waals surface area contributed by atoms with Crippen LogP contribution in [0, 0.1) is 11.8 Å². The van der Waals surface area contributed by atoms with Crippen molar-refractivity contribution in [3.05, 3.63) is 0 Å². The monoisotopic (exact) mass is 336 g/mol. The summed E-state index contributed by atoms with van der Waals surface area (Å²) in [6.45, 7) is 9.91. The van der Waals surface area contributed by atoms with Crippen molar-refractivity contribution in [2.45, 2.75) is 53.4 Å². The van der Waals surface area contributed by atoms with Crippen molar-refractivity contribution in [1.82, 2.24) is 4.90 Å². The van der Waals surface area contributed by atoms with Crippen LogP contribution < -0.4 is 5.73 Å². The van der Waals surface area contributed by atoms with Crippen molar-refractivity contribution in [1.29, 1.82) is 0 Å². The van der Waals surface area contributed by atoms with E-state index < -0.39 is 0 Å². The first-order valence-corrected chi connectivity index (χ1v) is 8.07. The summed E-state index contributed by atoms with van der Waals surface area (Å²) in [6.07, 6.45) is 3.20. The summed E-state index contributed by atoms with van der Waals surface area (Å²) in [4.78, 5) is 25.4. The third-order valence-corrected chi connectivity index (χ3v) is 3.47. The lowest BCUT2D eigenvalue weighted by Crippen LogP contribution is -2.35. The fourth-order valence-electron chi connectivity index (χ4n) is 2.27. The minimum Gasteiger partial charge on any atom is -0.456 e. The lowest BCUT2D eigenvalue weighted by atomic mass is 9.94. The maximum absolute atomic E-state index is 11.9. The zero-order chi connectivity index (χ0) is 16.3. The highest BCUT2D eigenvalue weighted by Gasteiger charge is 2.17. The van der Waals surface area contributed by atoms with E-state index in [1.165, 1.54) is 0 Å². The first-order valence-electron chi connectivity index (χ1n) is 8.07. The van der Waals surface area contributed by atoms with E-state index in [1.54, 1.807) is 4.90 Å². The Morgan fingerprint density at radius 2 is 1.86 bits per heavy atom. The lowest BCUT2D eigenvalue weighted by Gasteiger charge is -2.21. The molecule has 0 saturated heterocycles. The first kappa shape index (κ1) is 23.5. The number of esters is 1. The number of carbonyl (C=O) groups excluding carboxylic acids is 2. The molecule has 0 unspecified atom stereocenters. The summed E-state index contributed by atoms with van der Waals surface area (Å²) in [5.74, 6) is 0.186. The number of carbonyl (C=O) groups is 2. The van der Waals surface area contributed by atoms with Crippen LogP contribution in [-0.4, -0.2) is 43.0 Å². The van der Waals surface area contributed by atoms with Gasteiger partial charge in [-0.2, -0.15) is 0 Å². The summed E-state index contributed by atoms with van der Waals surface area (Å²) < 4.78 is 5.09. The second-order valence-corrected chi connectivity index (χ2v) is 5.92. The van der Waals surface area contributed by atoms with Gasteiger partial charge in [0.05, 0.1) is 0 Å². The van der Waals surface area contributed by atoms with Gasteiger partial charge in [-0.1, -0.05) is 27.2 Å². The van der Waals surface area contributed by atoms with Crippen molar-refractivity contribution in [2.75, 3.05) is 26.2 Å². The standard InChI is InChI=1S/C16H32N2O3.ClH/c1-5-7-8-18(6-2)15(19)12-21-16(20)10-14(11-17)9-13(3)4;/h13-14H,5-12,17H2,1-4H3;1H/t14-;/m0./s1. The Labute approximate surface area is 141 Å². The topological polar surface area (TPSA) is 72.6 Å². The summed E-state index contributed by atoms with van der Waals surface area (Å²) in [5, 5.41) is 0. The highest BCUT2D eigenvalue weighted by Crippen LogP contribution is 2.14. The van der Waals surface area contributed by atoms with Crippen LogP contribution in [-0.2, 0) is 14.3 Å². The van der Waals surface area contributed by atoms with E-state index in [2.05, 4.69) is 20.8 Å². The molecule has 0 spiro atoms. The van der Waals surface area contributed by atoms with Gasteiger partial charge in [0.1, 0.15) is 0 Å². The van der Waals surface area contributed by atoms with Gasteiger partial charge in [0.15, 0.2) is 6.61 Å². The Balaban J connectivity index is 0. The molecule has 0 bridgehead atoms. The molecular formula is C16H33ClN2O3. The Hall–Kier alpha value is -0.810. The average Bonchev–Trinajstić information content (AvgIpc) is 2.44. The molecule has 22 heavy (non-hydrogen) atoms. The van der Waals surface area contributed by atoms with Crippen molar-refractivity contribution in [3.63, 3.8) is 0 Å². The molecule has 1 amide bonds. The average molecular weight is 337 g/mol. The first-order chi connectivity index (χ1) is 9.94. The molecule has 0 radical (unpaired) electrons. The van der Waals surface area contributed by atoms with Crippen molar-refractivity contribution in [3.8, 4) is 0 Å². The van der Waals surface area contributed by atoms with Gasteiger partial charge in [-0.25, -0.2) is 0 Å². The van der Waals surface area contributed by atoms with Gasteiger partial charge >= 0.3 is 5.97 Å². The van der Waals surface area contributed by atoms with E-state index >= 15 is 0 Å². The van der Waals surface area contributed by atoms with E-state index in [0.29, 0.717) is 25.4 Å². The molecule has 0 rings (SSSR count). The Morgan fingerprint density at radius 1 is 1.23 bits per heavy atom. The number of hydrogen-bond donors (Lipinski definition) is 1. The molecule has 0 aliphatic heterocycles. The molecule has 0 aromatic carbocycles. The summed E-state index contributed by atoms with van der Waals surface area (Å²) in [5.41, 5.74) is 5.67. The van der Waals surface area contributed by atoms with Gasteiger partial charge < -0.3 is 15.4 Å².